The standard InChI is InChI=1S/C28H30FN3O3.ClH/c1-17(31-12-3-6-20(16-31)26-22-9-8-21(29)15-25(22)35-30-26)7-10-24(33)23-14-19-5-2-4-18-11-13-32(27(18)19)28(23)34;/h2,4-5,8-9,15,17,20,23H,3,6-7,10-14,16H2,1H3;1H. The van der Waals surface area contributed by atoms with Crippen molar-refractivity contribution < 1.29 is 18.5 Å². The van der Waals surface area contributed by atoms with Gasteiger partial charge in [0.2, 0.25) is 5.91 Å². The van der Waals surface area contributed by atoms with Crippen LogP contribution in [0.5, 0.6) is 0 Å². The van der Waals surface area contributed by atoms with E-state index in [0.29, 0.717) is 25.0 Å². The number of aromatic nitrogens is 1. The number of halogens is 2. The van der Waals surface area contributed by atoms with Gasteiger partial charge in [0.05, 0.1) is 11.4 Å². The first-order valence-electron chi connectivity index (χ1n) is 12.7. The molecule has 3 atom stereocenters. The fourth-order valence-electron chi connectivity index (χ4n) is 6.23. The Morgan fingerprint density at radius 2 is 2.06 bits per heavy atom. The van der Waals surface area contributed by atoms with E-state index >= 15 is 0 Å². The van der Waals surface area contributed by atoms with Gasteiger partial charge in [0, 0.05) is 42.9 Å². The molecule has 1 amide bonds. The van der Waals surface area contributed by atoms with Gasteiger partial charge in [-0.3, -0.25) is 14.5 Å². The number of hydrogen-bond donors (Lipinski definition) is 0. The monoisotopic (exact) mass is 511 g/mol. The Bertz CT molecular complexity index is 1310. The highest BCUT2D eigenvalue weighted by Gasteiger charge is 2.40. The van der Waals surface area contributed by atoms with Crippen LogP contribution < -0.4 is 4.90 Å². The van der Waals surface area contributed by atoms with E-state index in [9.17, 15) is 14.0 Å². The van der Waals surface area contributed by atoms with E-state index in [2.05, 4.69) is 29.1 Å². The van der Waals surface area contributed by atoms with Crippen molar-refractivity contribution in [2.75, 3.05) is 24.5 Å². The lowest BCUT2D eigenvalue weighted by molar-refractivity contribution is -0.133. The number of likely N-dealkylation sites (tertiary alicyclic amines) is 1. The average molecular weight is 512 g/mol. The Balaban J connectivity index is 0.00000267. The maximum absolute atomic E-state index is 13.5. The quantitative estimate of drug-likeness (QED) is 0.432. The third-order valence-electron chi connectivity index (χ3n) is 8.19. The summed E-state index contributed by atoms with van der Waals surface area (Å²) in [5.74, 6) is -0.627. The summed E-state index contributed by atoms with van der Waals surface area (Å²) < 4.78 is 18.9. The first-order valence-corrected chi connectivity index (χ1v) is 12.7. The van der Waals surface area contributed by atoms with Gasteiger partial charge in [0.1, 0.15) is 17.5 Å². The molecule has 0 saturated carbocycles. The number of ketones is 1. The van der Waals surface area contributed by atoms with Gasteiger partial charge < -0.3 is 9.42 Å². The summed E-state index contributed by atoms with van der Waals surface area (Å²) in [4.78, 5) is 30.5. The summed E-state index contributed by atoms with van der Waals surface area (Å²) in [5.41, 5.74) is 4.78. The predicted molar refractivity (Wildman–Crippen MR) is 138 cm³/mol. The minimum absolute atomic E-state index is 0. The number of carbonyl (C=O) groups excluding carboxylic acids is 2. The largest absolute Gasteiger partial charge is 0.356 e. The van der Waals surface area contributed by atoms with Crippen molar-refractivity contribution in [1.82, 2.24) is 10.1 Å². The second-order valence-corrected chi connectivity index (χ2v) is 10.3. The number of carbonyl (C=O) groups is 2. The Hall–Kier alpha value is -2.77. The number of anilines is 1. The molecule has 1 saturated heterocycles. The van der Waals surface area contributed by atoms with Crippen LogP contribution in [0.25, 0.3) is 11.0 Å². The zero-order chi connectivity index (χ0) is 24.1. The molecule has 0 N–H and O–H groups in total. The Labute approximate surface area is 216 Å². The van der Waals surface area contributed by atoms with Gasteiger partial charge in [-0.15, -0.1) is 12.4 Å². The second kappa shape index (κ2) is 9.94. The molecule has 4 heterocycles. The van der Waals surface area contributed by atoms with Gasteiger partial charge in [-0.1, -0.05) is 23.4 Å². The Morgan fingerprint density at radius 1 is 1.22 bits per heavy atom. The van der Waals surface area contributed by atoms with Gasteiger partial charge in [0.15, 0.2) is 5.58 Å². The van der Waals surface area contributed by atoms with Crippen LogP contribution in [0.2, 0.25) is 0 Å². The van der Waals surface area contributed by atoms with Gasteiger partial charge >= 0.3 is 0 Å². The van der Waals surface area contributed by atoms with E-state index in [1.165, 1.54) is 17.7 Å². The maximum atomic E-state index is 13.5. The number of para-hydroxylation sites is 1. The number of benzene rings is 2. The molecule has 0 spiro atoms. The minimum Gasteiger partial charge on any atom is -0.356 e. The number of piperidine rings is 1. The highest BCUT2D eigenvalue weighted by molar-refractivity contribution is 6.11. The molecule has 8 heteroatoms. The number of nitrogens with zero attached hydrogens (tertiary/aromatic N) is 3. The van der Waals surface area contributed by atoms with Crippen molar-refractivity contribution in [3.8, 4) is 0 Å². The molecule has 0 radical (unpaired) electrons. The zero-order valence-corrected chi connectivity index (χ0v) is 21.2. The molecule has 1 fully saturated rings. The summed E-state index contributed by atoms with van der Waals surface area (Å²) in [7, 11) is 0. The summed E-state index contributed by atoms with van der Waals surface area (Å²) in [6.45, 7) is 4.66. The lowest BCUT2D eigenvalue weighted by atomic mass is 9.86. The number of Topliss-reactive ketones (excluding diaryl/α,β-unsaturated/α-hetero) is 1. The molecule has 0 bridgehead atoms. The zero-order valence-electron chi connectivity index (χ0n) is 20.4. The molecule has 6 rings (SSSR count). The van der Waals surface area contributed by atoms with Crippen LogP contribution in [0.3, 0.4) is 0 Å². The van der Waals surface area contributed by atoms with Gasteiger partial charge in [-0.2, -0.15) is 0 Å². The van der Waals surface area contributed by atoms with E-state index in [1.807, 2.05) is 11.0 Å². The molecule has 190 valence electrons. The molecular weight excluding hydrogens is 481 g/mol. The maximum Gasteiger partial charge on any atom is 0.237 e. The van der Waals surface area contributed by atoms with E-state index in [0.717, 1.165) is 61.1 Å². The third-order valence-corrected chi connectivity index (χ3v) is 8.19. The molecule has 3 aliphatic rings. The first-order chi connectivity index (χ1) is 17.0. The highest BCUT2D eigenvalue weighted by Crippen LogP contribution is 2.39. The van der Waals surface area contributed by atoms with E-state index in [-0.39, 0.29) is 41.9 Å². The van der Waals surface area contributed by atoms with Gasteiger partial charge in [-0.05, 0) is 68.8 Å². The SMILES string of the molecule is CC(CCC(=O)C1Cc2cccc3c2N(CC3)C1=O)N1CCCC(c2noc3cc(F)ccc23)C1.Cl. The van der Waals surface area contributed by atoms with Crippen molar-refractivity contribution in [3.63, 3.8) is 0 Å². The molecule has 0 aliphatic carbocycles. The topological polar surface area (TPSA) is 66.7 Å². The summed E-state index contributed by atoms with van der Waals surface area (Å²) >= 11 is 0. The van der Waals surface area contributed by atoms with Gasteiger partial charge in [-0.25, -0.2) is 4.39 Å². The van der Waals surface area contributed by atoms with Crippen LogP contribution in [0, 0.1) is 11.7 Å². The number of amides is 1. The lowest BCUT2D eigenvalue weighted by Crippen LogP contribution is -2.44. The molecule has 3 unspecified atom stereocenters. The molecule has 2 aromatic carbocycles. The van der Waals surface area contributed by atoms with Crippen LogP contribution >= 0.6 is 12.4 Å². The average Bonchev–Trinajstić information content (AvgIpc) is 3.50. The number of rotatable bonds is 6. The van der Waals surface area contributed by atoms with Crippen molar-refractivity contribution in [3.05, 3.63) is 59.0 Å². The lowest BCUT2D eigenvalue weighted by Gasteiger charge is -2.36. The number of fused-ring (bicyclic) bond motifs is 1. The van der Waals surface area contributed by atoms with E-state index in [1.54, 1.807) is 6.07 Å². The predicted octanol–water partition coefficient (Wildman–Crippen LogP) is 5.07. The summed E-state index contributed by atoms with van der Waals surface area (Å²) in [6.07, 6.45) is 4.58. The fourth-order valence-corrected chi connectivity index (χ4v) is 6.23. The number of hydrogen-bond acceptors (Lipinski definition) is 5. The second-order valence-electron chi connectivity index (χ2n) is 10.3. The Kier molecular flexibility index (Phi) is 6.88. The van der Waals surface area contributed by atoms with E-state index in [4.69, 9.17) is 4.52 Å². The highest BCUT2D eigenvalue weighted by atomic mass is 35.5. The van der Waals surface area contributed by atoms with Crippen LogP contribution in [-0.2, 0) is 22.4 Å². The van der Waals surface area contributed by atoms with Crippen molar-refractivity contribution in [1.29, 1.82) is 0 Å². The van der Waals surface area contributed by atoms with Crippen molar-refractivity contribution in [2.24, 2.45) is 5.92 Å². The van der Waals surface area contributed by atoms with Crippen LogP contribution in [-0.4, -0.2) is 47.4 Å². The fraction of sp³-hybridized carbons (Fsp3) is 0.464. The molecular formula is C28H31ClFN3O3. The summed E-state index contributed by atoms with van der Waals surface area (Å²) in [6, 6.07) is 11.0. The molecule has 36 heavy (non-hydrogen) atoms. The Morgan fingerprint density at radius 3 is 2.92 bits per heavy atom. The van der Waals surface area contributed by atoms with E-state index < -0.39 is 5.92 Å². The molecule has 6 nitrogen and oxygen atoms in total. The van der Waals surface area contributed by atoms with Crippen molar-refractivity contribution in [2.45, 2.75) is 57.4 Å². The molecule has 1 aromatic heterocycles. The molecule has 3 aromatic rings. The third kappa shape index (κ3) is 4.33. The van der Waals surface area contributed by atoms with Crippen LogP contribution in [0.1, 0.15) is 55.3 Å². The molecule has 3 aliphatic heterocycles. The summed E-state index contributed by atoms with van der Waals surface area (Å²) in [5, 5.41) is 5.15. The minimum atomic E-state index is -0.556. The smallest absolute Gasteiger partial charge is 0.237 e. The van der Waals surface area contributed by atoms with Crippen molar-refractivity contribution >= 4 is 40.8 Å². The normalized spacial score (nSPS) is 22.4. The van der Waals surface area contributed by atoms with Gasteiger partial charge in [0.25, 0.3) is 0 Å². The van der Waals surface area contributed by atoms with Crippen LogP contribution in [0.4, 0.5) is 10.1 Å². The first kappa shape index (κ1) is 24.9. The van der Waals surface area contributed by atoms with Crippen LogP contribution in [0.15, 0.2) is 40.9 Å².